The summed E-state index contributed by atoms with van der Waals surface area (Å²) in [5, 5.41) is 7.42. The van der Waals surface area contributed by atoms with E-state index in [1.54, 1.807) is 0 Å². The van der Waals surface area contributed by atoms with Crippen LogP contribution in [0.2, 0.25) is 0 Å². The molecule has 1 aliphatic carbocycles. The van der Waals surface area contributed by atoms with Crippen molar-refractivity contribution in [1.82, 2.24) is 4.57 Å². The fraction of sp³-hybridized carbons (Fsp3) is 0.0154. The monoisotopic (exact) mass is 882 g/mol. The summed E-state index contributed by atoms with van der Waals surface area (Å²) in [6, 6.07) is 94.5. The Hall–Kier alpha value is -8.50. The molecule has 0 fully saturated rings. The van der Waals surface area contributed by atoms with Crippen molar-refractivity contribution in [2.24, 2.45) is 0 Å². The molecule has 0 spiro atoms. The van der Waals surface area contributed by atoms with E-state index in [2.05, 4.69) is 264 Å². The molecule has 2 aromatic heterocycles. The van der Waals surface area contributed by atoms with Crippen molar-refractivity contribution in [1.29, 1.82) is 0 Å². The van der Waals surface area contributed by atoms with E-state index in [1.165, 1.54) is 91.7 Å². The van der Waals surface area contributed by atoms with Gasteiger partial charge in [0.1, 0.15) is 0 Å². The van der Waals surface area contributed by atoms with E-state index < -0.39 is 5.41 Å². The quantitative estimate of drug-likeness (QED) is 0.155. The van der Waals surface area contributed by atoms with Crippen molar-refractivity contribution in [3.05, 3.63) is 277 Å². The standard InChI is InChI=1S/C65H42N2S/c1-4-18-43(19-5-1)49-37-39-60(53-27-11-10-24-50(49)53)66(48-33-36-56-55-28-14-17-31-63(55)68-64(56)42-48)47-34-38-61-57(41-47)54-35-32-45(40-62(54)67(61)46-22-8-3-9-23-46)65(44-20-6-2-7-21-44)58-29-15-12-25-51(58)52-26-13-16-30-59(52)65/h1-42H. The first-order chi connectivity index (χ1) is 33.7. The SMILES string of the molecule is c1ccc(-c2ccc(N(c3ccc4c(c3)sc3ccccc34)c3ccc4c(c3)c3ccc(C5(c6ccccc6)c6ccccc6-c6ccccc65)cc3n4-c3ccccc3)c3ccccc23)cc1. The third kappa shape index (κ3) is 5.70. The lowest BCUT2D eigenvalue weighted by atomic mass is 9.67. The third-order valence-electron chi connectivity index (χ3n) is 14.5. The maximum atomic E-state index is 2.48. The molecule has 0 saturated heterocycles. The van der Waals surface area contributed by atoms with Crippen molar-refractivity contribution in [3.8, 4) is 27.9 Å². The predicted octanol–water partition coefficient (Wildman–Crippen LogP) is 17.8. The Bertz CT molecular complexity index is 4040. The number of anilines is 3. The van der Waals surface area contributed by atoms with Crippen LogP contribution < -0.4 is 4.90 Å². The topological polar surface area (TPSA) is 8.17 Å². The number of benzene rings is 11. The molecule has 1 aliphatic rings. The van der Waals surface area contributed by atoms with Crippen LogP contribution in [0.25, 0.3) is 80.7 Å². The summed E-state index contributed by atoms with van der Waals surface area (Å²) in [7, 11) is 0. The van der Waals surface area contributed by atoms with Crippen molar-refractivity contribution >= 4 is 81.1 Å². The number of thiophene rings is 1. The molecule has 0 bridgehead atoms. The lowest BCUT2D eigenvalue weighted by Crippen LogP contribution is -2.28. The second-order valence-corrected chi connectivity index (χ2v) is 19.1. The second-order valence-electron chi connectivity index (χ2n) is 18.0. The fourth-order valence-corrected chi connectivity index (χ4v) is 12.7. The van der Waals surface area contributed by atoms with E-state index in [-0.39, 0.29) is 0 Å². The van der Waals surface area contributed by atoms with Crippen LogP contribution in [0.3, 0.4) is 0 Å². The molecular formula is C65H42N2S. The van der Waals surface area contributed by atoms with Crippen LogP contribution in [0.1, 0.15) is 22.3 Å². The zero-order valence-electron chi connectivity index (χ0n) is 37.1. The summed E-state index contributed by atoms with van der Waals surface area (Å²) in [6.07, 6.45) is 0. The highest BCUT2D eigenvalue weighted by Crippen LogP contribution is 2.57. The van der Waals surface area contributed by atoms with E-state index in [9.17, 15) is 0 Å². The molecule has 3 heteroatoms. The molecular weight excluding hydrogens is 841 g/mol. The van der Waals surface area contributed by atoms with Gasteiger partial charge in [0.05, 0.1) is 22.1 Å². The molecule has 318 valence electrons. The lowest BCUT2D eigenvalue weighted by molar-refractivity contribution is 0.769. The number of para-hydroxylation sites is 1. The largest absolute Gasteiger partial charge is 0.310 e. The third-order valence-corrected chi connectivity index (χ3v) is 15.6. The molecule has 0 unspecified atom stereocenters. The minimum Gasteiger partial charge on any atom is -0.310 e. The van der Waals surface area contributed by atoms with Gasteiger partial charge < -0.3 is 9.47 Å². The second kappa shape index (κ2) is 15.3. The van der Waals surface area contributed by atoms with Crippen LogP contribution in [0.4, 0.5) is 17.1 Å². The Morgan fingerprint density at radius 2 is 0.926 bits per heavy atom. The molecule has 0 saturated carbocycles. The number of fused-ring (bicyclic) bond motifs is 10. The van der Waals surface area contributed by atoms with Gasteiger partial charge in [-0.25, -0.2) is 0 Å². The van der Waals surface area contributed by atoms with Crippen molar-refractivity contribution in [3.63, 3.8) is 0 Å². The Morgan fingerprint density at radius 3 is 1.69 bits per heavy atom. The van der Waals surface area contributed by atoms with Gasteiger partial charge in [0, 0.05) is 53.4 Å². The summed E-state index contributed by atoms with van der Waals surface area (Å²) in [5.74, 6) is 0. The highest BCUT2D eigenvalue weighted by Gasteiger charge is 2.46. The van der Waals surface area contributed by atoms with Gasteiger partial charge in [-0.2, -0.15) is 0 Å². The van der Waals surface area contributed by atoms with Gasteiger partial charge >= 0.3 is 0 Å². The van der Waals surface area contributed by atoms with E-state index in [1.807, 2.05) is 11.3 Å². The molecule has 14 rings (SSSR count). The highest BCUT2D eigenvalue weighted by molar-refractivity contribution is 7.25. The summed E-state index contributed by atoms with van der Waals surface area (Å²) in [4.78, 5) is 2.48. The van der Waals surface area contributed by atoms with E-state index in [0.29, 0.717) is 0 Å². The molecule has 0 atom stereocenters. The minimum atomic E-state index is -0.513. The Labute approximate surface area is 398 Å². The lowest BCUT2D eigenvalue weighted by Gasteiger charge is -2.34. The first-order valence-electron chi connectivity index (χ1n) is 23.4. The van der Waals surface area contributed by atoms with E-state index in [4.69, 9.17) is 0 Å². The molecule has 0 N–H and O–H groups in total. The number of rotatable bonds is 7. The Kier molecular flexibility index (Phi) is 8.71. The molecule has 2 heterocycles. The summed E-state index contributed by atoms with van der Waals surface area (Å²) in [6.45, 7) is 0. The van der Waals surface area contributed by atoms with Crippen LogP contribution in [0, 0.1) is 0 Å². The molecule has 2 nitrogen and oxygen atoms in total. The van der Waals surface area contributed by atoms with Crippen molar-refractivity contribution in [2.45, 2.75) is 5.41 Å². The molecule has 68 heavy (non-hydrogen) atoms. The van der Waals surface area contributed by atoms with Gasteiger partial charge in [-0.3, -0.25) is 0 Å². The predicted molar refractivity (Wildman–Crippen MR) is 289 cm³/mol. The fourth-order valence-electron chi connectivity index (χ4n) is 11.6. The van der Waals surface area contributed by atoms with Crippen molar-refractivity contribution in [2.75, 3.05) is 4.90 Å². The summed E-state index contributed by atoms with van der Waals surface area (Å²) < 4.78 is 5.05. The van der Waals surface area contributed by atoms with Gasteiger partial charge in [0.15, 0.2) is 0 Å². The smallest absolute Gasteiger partial charge is 0.0714 e. The number of nitrogens with zero attached hydrogens (tertiary/aromatic N) is 2. The zero-order valence-corrected chi connectivity index (χ0v) is 37.9. The molecule has 0 radical (unpaired) electrons. The molecule has 13 aromatic rings. The molecule has 0 aliphatic heterocycles. The van der Waals surface area contributed by atoms with E-state index >= 15 is 0 Å². The zero-order chi connectivity index (χ0) is 44.8. The van der Waals surface area contributed by atoms with Gasteiger partial charge in [0.25, 0.3) is 0 Å². The van der Waals surface area contributed by atoms with E-state index in [0.717, 1.165) is 28.3 Å². The van der Waals surface area contributed by atoms with Crippen LogP contribution in [0.5, 0.6) is 0 Å². The number of hydrogen-bond acceptors (Lipinski definition) is 2. The normalized spacial score (nSPS) is 12.8. The van der Waals surface area contributed by atoms with Crippen LogP contribution in [-0.4, -0.2) is 4.57 Å². The van der Waals surface area contributed by atoms with Crippen LogP contribution >= 0.6 is 11.3 Å². The number of hydrogen-bond donors (Lipinski definition) is 0. The maximum Gasteiger partial charge on any atom is 0.0714 e. The average molecular weight is 883 g/mol. The first kappa shape index (κ1) is 38.7. The Morgan fingerprint density at radius 1 is 0.338 bits per heavy atom. The highest BCUT2D eigenvalue weighted by atomic mass is 32.1. The first-order valence-corrected chi connectivity index (χ1v) is 24.2. The van der Waals surface area contributed by atoms with Crippen molar-refractivity contribution < 1.29 is 0 Å². The van der Waals surface area contributed by atoms with Gasteiger partial charge in [-0.15, -0.1) is 11.3 Å². The summed E-state index contributed by atoms with van der Waals surface area (Å²) >= 11 is 1.86. The molecule has 0 amide bonds. The molecule has 11 aromatic carbocycles. The van der Waals surface area contributed by atoms with Gasteiger partial charge in [-0.05, 0) is 111 Å². The van der Waals surface area contributed by atoms with Gasteiger partial charge in [0.2, 0.25) is 0 Å². The Balaban J connectivity index is 1.04. The van der Waals surface area contributed by atoms with Crippen LogP contribution in [0.15, 0.2) is 255 Å². The maximum absolute atomic E-state index is 2.48. The van der Waals surface area contributed by atoms with Crippen LogP contribution in [-0.2, 0) is 5.41 Å². The summed E-state index contributed by atoms with van der Waals surface area (Å²) in [5.41, 5.74) is 16.5. The van der Waals surface area contributed by atoms with Gasteiger partial charge in [-0.1, -0.05) is 194 Å². The minimum absolute atomic E-state index is 0.513. The average Bonchev–Trinajstić information content (AvgIpc) is 4.05. The number of aromatic nitrogens is 1.